The first kappa shape index (κ1) is 13.8. The predicted octanol–water partition coefficient (Wildman–Crippen LogP) is 1.17. The molecule has 0 radical (unpaired) electrons. The first-order chi connectivity index (χ1) is 10.2. The molecule has 0 bridgehead atoms. The molecule has 6 nitrogen and oxygen atoms in total. The molecule has 0 saturated heterocycles. The van der Waals surface area contributed by atoms with Gasteiger partial charge in [-0.25, -0.2) is 0 Å². The number of carbonyl (C=O) groups excluding carboxylic acids is 1. The second-order valence-corrected chi connectivity index (χ2v) is 5.33. The number of nitrogens with zero attached hydrogens (tertiary/aromatic N) is 3. The summed E-state index contributed by atoms with van der Waals surface area (Å²) in [5, 5.41) is 11.3. The van der Waals surface area contributed by atoms with E-state index in [1.54, 1.807) is 12.1 Å². The number of nitrogens with one attached hydrogen (secondary N) is 1. The third-order valence-electron chi connectivity index (χ3n) is 3.82. The minimum atomic E-state index is -0.161. The highest BCUT2D eigenvalue weighted by molar-refractivity contribution is 5.94. The van der Waals surface area contributed by atoms with Crippen LogP contribution in [-0.2, 0) is 19.5 Å². The van der Waals surface area contributed by atoms with Gasteiger partial charge in [0, 0.05) is 25.1 Å². The van der Waals surface area contributed by atoms with Crippen LogP contribution in [0.1, 0.15) is 47.0 Å². The Morgan fingerprint density at radius 3 is 2.86 bits per heavy atom. The summed E-state index contributed by atoms with van der Waals surface area (Å²) in [5.74, 6) is 1.73. The summed E-state index contributed by atoms with van der Waals surface area (Å²) in [4.78, 5) is 12.3. The maximum Gasteiger partial charge on any atom is 0.251 e. The number of hydrogen-bond donors (Lipinski definition) is 2. The Kier molecular flexibility index (Phi) is 3.70. The number of nitrogens with two attached hydrogens (primary N) is 1. The third-order valence-corrected chi connectivity index (χ3v) is 3.82. The molecule has 2 aromatic rings. The molecule has 3 N–H and O–H groups in total. The van der Waals surface area contributed by atoms with E-state index in [1.807, 2.05) is 19.1 Å². The Bertz CT molecular complexity index is 647. The van der Waals surface area contributed by atoms with Crippen LogP contribution in [0.5, 0.6) is 0 Å². The van der Waals surface area contributed by atoms with Crippen molar-refractivity contribution in [1.82, 2.24) is 20.1 Å². The van der Waals surface area contributed by atoms with Crippen molar-refractivity contribution in [2.75, 3.05) is 0 Å². The molecule has 1 aromatic carbocycles. The molecule has 2 heterocycles. The van der Waals surface area contributed by atoms with Crippen LogP contribution in [0.25, 0.3) is 0 Å². The van der Waals surface area contributed by atoms with E-state index in [-0.39, 0.29) is 11.9 Å². The van der Waals surface area contributed by atoms with Crippen molar-refractivity contribution in [1.29, 1.82) is 0 Å². The van der Waals surface area contributed by atoms with Crippen LogP contribution in [0.3, 0.4) is 0 Å². The Morgan fingerprint density at radius 1 is 1.38 bits per heavy atom. The van der Waals surface area contributed by atoms with Crippen molar-refractivity contribution in [2.45, 2.75) is 38.9 Å². The van der Waals surface area contributed by atoms with Crippen molar-refractivity contribution in [3.63, 3.8) is 0 Å². The zero-order chi connectivity index (χ0) is 14.8. The number of carbonyl (C=O) groups is 1. The van der Waals surface area contributed by atoms with Gasteiger partial charge in [0.2, 0.25) is 0 Å². The van der Waals surface area contributed by atoms with E-state index in [4.69, 9.17) is 5.73 Å². The SMILES string of the molecule is CC(NC(=O)c1ccc(CN)cc1)c1nnc2n1CCC2. The molecule has 110 valence electrons. The van der Waals surface area contributed by atoms with Crippen molar-refractivity contribution in [3.8, 4) is 0 Å². The summed E-state index contributed by atoms with van der Waals surface area (Å²) in [5.41, 5.74) is 7.19. The third kappa shape index (κ3) is 2.67. The minimum Gasteiger partial charge on any atom is -0.342 e. The predicted molar refractivity (Wildman–Crippen MR) is 78.6 cm³/mol. The van der Waals surface area contributed by atoms with Gasteiger partial charge in [-0.2, -0.15) is 0 Å². The molecule has 1 aliphatic heterocycles. The molecular formula is C15H19N5O. The Balaban J connectivity index is 1.71. The van der Waals surface area contributed by atoms with Gasteiger partial charge in [-0.05, 0) is 31.0 Å². The van der Waals surface area contributed by atoms with Crippen LogP contribution in [0.15, 0.2) is 24.3 Å². The number of aryl methyl sites for hydroxylation is 1. The number of amides is 1. The fourth-order valence-corrected chi connectivity index (χ4v) is 2.63. The Morgan fingerprint density at radius 2 is 2.14 bits per heavy atom. The summed E-state index contributed by atoms with van der Waals surface area (Å²) in [6.45, 7) is 3.34. The summed E-state index contributed by atoms with van der Waals surface area (Å²) >= 11 is 0. The summed E-state index contributed by atoms with van der Waals surface area (Å²) < 4.78 is 2.10. The number of aromatic nitrogens is 3. The highest BCUT2D eigenvalue weighted by Gasteiger charge is 2.22. The second kappa shape index (κ2) is 5.65. The fraction of sp³-hybridized carbons (Fsp3) is 0.400. The molecular weight excluding hydrogens is 266 g/mol. The molecule has 1 aromatic heterocycles. The molecule has 1 atom stereocenters. The van der Waals surface area contributed by atoms with Gasteiger partial charge < -0.3 is 15.6 Å². The summed E-state index contributed by atoms with van der Waals surface area (Å²) in [7, 11) is 0. The number of benzene rings is 1. The smallest absolute Gasteiger partial charge is 0.251 e. The molecule has 6 heteroatoms. The van der Waals surface area contributed by atoms with Crippen LogP contribution in [0.2, 0.25) is 0 Å². The molecule has 0 fully saturated rings. The highest BCUT2D eigenvalue weighted by Crippen LogP contribution is 2.19. The standard InChI is InChI=1S/C15H19N5O/c1-10(14-19-18-13-3-2-8-20(13)14)17-15(21)12-6-4-11(9-16)5-7-12/h4-7,10H,2-3,8-9,16H2,1H3,(H,17,21). The van der Waals surface area contributed by atoms with Crippen LogP contribution < -0.4 is 11.1 Å². The lowest BCUT2D eigenvalue weighted by Gasteiger charge is -2.14. The molecule has 3 rings (SSSR count). The number of rotatable bonds is 4. The fourth-order valence-electron chi connectivity index (χ4n) is 2.63. The van der Waals surface area contributed by atoms with E-state index in [0.717, 1.165) is 36.6 Å². The molecule has 0 aliphatic carbocycles. The van der Waals surface area contributed by atoms with E-state index < -0.39 is 0 Å². The lowest BCUT2D eigenvalue weighted by Crippen LogP contribution is -2.28. The van der Waals surface area contributed by atoms with E-state index in [0.29, 0.717) is 12.1 Å². The number of hydrogen-bond acceptors (Lipinski definition) is 4. The van der Waals surface area contributed by atoms with Gasteiger partial charge in [0.1, 0.15) is 5.82 Å². The second-order valence-electron chi connectivity index (χ2n) is 5.33. The monoisotopic (exact) mass is 285 g/mol. The van der Waals surface area contributed by atoms with Crippen LogP contribution in [0, 0.1) is 0 Å². The van der Waals surface area contributed by atoms with Crippen molar-refractivity contribution in [2.24, 2.45) is 5.73 Å². The normalized spacial score (nSPS) is 14.8. The Labute approximate surface area is 123 Å². The summed E-state index contributed by atoms with van der Waals surface area (Å²) in [6, 6.07) is 7.16. The summed E-state index contributed by atoms with van der Waals surface area (Å²) in [6.07, 6.45) is 2.06. The maximum atomic E-state index is 12.3. The van der Waals surface area contributed by atoms with E-state index in [2.05, 4.69) is 20.1 Å². The van der Waals surface area contributed by atoms with Gasteiger partial charge in [0.15, 0.2) is 5.82 Å². The lowest BCUT2D eigenvalue weighted by molar-refractivity contribution is 0.0937. The topological polar surface area (TPSA) is 85.8 Å². The van der Waals surface area contributed by atoms with Gasteiger partial charge in [0.25, 0.3) is 5.91 Å². The molecule has 0 spiro atoms. The highest BCUT2D eigenvalue weighted by atomic mass is 16.1. The molecule has 0 saturated carbocycles. The van der Waals surface area contributed by atoms with Crippen molar-refractivity contribution < 1.29 is 4.79 Å². The molecule has 1 aliphatic rings. The largest absolute Gasteiger partial charge is 0.342 e. The van der Waals surface area contributed by atoms with E-state index >= 15 is 0 Å². The lowest BCUT2D eigenvalue weighted by atomic mass is 10.1. The first-order valence-corrected chi connectivity index (χ1v) is 7.21. The average Bonchev–Trinajstić information content (AvgIpc) is 3.09. The van der Waals surface area contributed by atoms with Gasteiger partial charge in [0.05, 0.1) is 6.04 Å². The van der Waals surface area contributed by atoms with Crippen molar-refractivity contribution in [3.05, 3.63) is 47.0 Å². The average molecular weight is 285 g/mol. The van der Waals surface area contributed by atoms with Gasteiger partial charge in [-0.3, -0.25) is 4.79 Å². The van der Waals surface area contributed by atoms with Crippen molar-refractivity contribution >= 4 is 5.91 Å². The van der Waals surface area contributed by atoms with Crippen LogP contribution >= 0.6 is 0 Å². The molecule has 1 amide bonds. The van der Waals surface area contributed by atoms with Gasteiger partial charge in [-0.15, -0.1) is 10.2 Å². The van der Waals surface area contributed by atoms with Crippen LogP contribution in [-0.4, -0.2) is 20.7 Å². The van der Waals surface area contributed by atoms with Gasteiger partial charge >= 0.3 is 0 Å². The quantitative estimate of drug-likeness (QED) is 0.883. The zero-order valence-electron chi connectivity index (χ0n) is 12.0. The number of fused-ring (bicyclic) bond motifs is 1. The van der Waals surface area contributed by atoms with E-state index in [9.17, 15) is 4.79 Å². The Hall–Kier alpha value is -2.21. The van der Waals surface area contributed by atoms with E-state index in [1.165, 1.54) is 0 Å². The first-order valence-electron chi connectivity index (χ1n) is 7.21. The zero-order valence-corrected chi connectivity index (χ0v) is 12.0. The minimum absolute atomic E-state index is 0.110. The van der Waals surface area contributed by atoms with Crippen LogP contribution in [0.4, 0.5) is 0 Å². The maximum absolute atomic E-state index is 12.3. The molecule has 21 heavy (non-hydrogen) atoms. The van der Waals surface area contributed by atoms with Gasteiger partial charge in [-0.1, -0.05) is 12.1 Å². The molecule has 1 unspecified atom stereocenters.